The van der Waals surface area contributed by atoms with Gasteiger partial charge in [-0.3, -0.25) is 24.0 Å². The number of nitrogens with two attached hydrogens (primary N) is 2. The third-order valence-electron chi connectivity index (χ3n) is 4.46. The predicted octanol–water partition coefficient (Wildman–Crippen LogP) is -3.51. The number of H-pyrrole nitrogens is 1. The molecule has 0 fully saturated rings. The maximum absolute atomic E-state index is 12.9. The number of aromatic amines is 1. The van der Waals surface area contributed by atoms with Gasteiger partial charge in [-0.05, 0) is 6.42 Å². The molecule has 0 aliphatic heterocycles. The number of imidazole rings is 1. The van der Waals surface area contributed by atoms with E-state index in [0.717, 1.165) is 0 Å². The van der Waals surface area contributed by atoms with Crippen molar-refractivity contribution in [1.29, 1.82) is 0 Å². The van der Waals surface area contributed by atoms with Crippen LogP contribution in [0.5, 0.6) is 0 Å². The largest absolute Gasteiger partial charge is 0.481 e. The number of nitrogens with one attached hydrogen (secondary N) is 4. The summed E-state index contributed by atoms with van der Waals surface area (Å²) in [5, 5.41) is 24.7. The zero-order valence-electron chi connectivity index (χ0n) is 17.9. The quantitative estimate of drug-likeness (QED) is 0.107. The fourth-order valence-corrected chi connectivity index (χ4v) is 2.90. The van der Waals surface area contributed by atoms with Gasteiger partial charge < -0.3 is 42.6 Å². The third kappa shape index (κ3) is 9.86. The van der Waals surface area contributed by atoms with E-state index in [2.05, 4.69) is 33.2 Å². The van der Waals surface area contributed by atoms with Crippen molar-refractivity contribution in [2.24, 2.45) is 11.5 Å². The number of hydrogen-bond donors (Lipinski definition) is 9. The Morgan fingerprint density at radius 2 is 1.59 bits per heavy atom. The molecule has 34 heavy (non-hydrogen) atoms. The first-order chi connectivity index (χ1) is 15.9. The molecule has 0 aliphatic rings. The number of thiol groups is 1. The number of rotatable bonds is 15. The Hall–Kier alpha value is -3.66. The number of carboxylic acid groups (broad SMARTS) is 2. The van der Waals surface area contributed by atoms with E-state index in [-0.39, 0.29) is 25.0 Å². The monoisotopic (exact) mass is 501 g/mol. The maximum Gasteiger partial charge on any atom is 0.326 e. The highest BCUT2D eigenvalue weighted by molar-refractivity contribution is 7.80. The van der Waals surface area contributed by atoms with Crippen LogP contribution in [0.15, 0.2) is 12.5 Å². The number of hydrogen-bond acceptors (Lipinski definition) is 9. The number of aliphatic carboxylic acids is 2. The molecule has 4 amide bonds. The summed E-state index contributed by atoms with van der Waals surface area (Å²) >= 11 is 3.97. The summed E-state index contributed by atoms with van der Waals surface area (Å²) in [7, 11) is 0. The molecule has 0 saturated heterocycles. The van der Waals surface area contributed by atoms with Crippen molar-refractivity contribution in [1.82, 2.24) is 25.9 Å². The number of amides is 4. The third-order valence-corrected chi connectivity index (χ3v) is 4.82. The van der Waals surface area contributed by atoms with Crippen molar-refractivity contribution >= 4 is 48.2 Å². The van der Waals surface area contributed by atoms with Crippen molar-refractivity contribution in [2.75, 3.05) is 5.75 Å². The van der Waals surface area contributed by atoms with Gasteiger partial charge in [0, 0.05) is 30.5 Å². The molecule has 0 bridgehead atoms. The zero-order valence-corrected chi connectivity index (χ0v) is 18.8. The highest BCUT2D eigenvalue weighted by Crippen LogP contribution is 2.03. The average molecular weight is 502 g/mol. The number of carboxylic acids is 2. The lowest BCUT2D eigenvalue weighted by Gasteiger charge is -2.24. The molecule has 0 spiro atoms. The van der Waals surface area contributed by atoms with Crippen molar-refractivity contribution in [3.8, 4) is 0 Å². The molecule has 1 heterocycles. The number of carbonyl (C=O) groups excluding carboxylic acids is 4. The van der Waals surface area contributed by atoms with Gasteiger partial charge in [0.15, 0.2) is 0 Å². The van der Waals surface area contributed by atoms with Gasteiger partial charge in [0.2, 0.25) is 23.6 Å². The molecule has 1 aromatic heterocycles. The minimum atomic E-state index is -1.73. The number of aromatic nitrogens is 2. The highest BCUT2D eigenvalue weighted by Gasteiger charge is 2.31. The first kappa shape index (κ1) is 28.4. The molecule has 1 aromatic rings. The van der Waals surface area contributed by atoms with E-state index in [1.165, 1.54) is 12.5 Å². The SMILES string of the molecule is NC(=O)CCC(N)C(=O)NC(Cc1cnc[nH]1)C(=O)NC(CS)C(=O)NC(CC(=O)O)C(=O)O. The van der Waals surface area contributed by atoms with Crippen LogP contribution in [0.4, 0.5) is 0 Å². The summed E-state index contributed by atoms with van der Waals surface area (Å²) in [6, 6.07) is -5.46. The Bertz CT molecular complexity index is 895. The Labute approximate surface area is 198 Å². The summed E-state index contributed by atoms with van der Waals surface area (Å²) in [4.78, 5) is 77.2. The standard InChI is InChI=1S/C18H27N7O8S/c19-9(1-2-13(20)26)15(29)23-10(3-8-5-21-7-22-8)16(30)25-12(6-34)17(31)24-11(18(32)33)4-14(27)28/h5,7,9-12,34H,1-4,6,19H2,(H2,20,26)(H,21,22)(H,23,29)(H,24,31)(H,25,30)(H,27,28)(H,32,33). The van der Waals surface area contributed by atoms with Crippen LogP contribution >= 0.6 is 12.6 Å². The van der Waals surface area contributed by atoms with Gasteiger partial charge in [0.25, 0.3) is 0 Å². The van der Waals surface area contributed by atoms with Gasteiger partial charge >= 0.3 is 11.9 Å². The molecule has 0 aromatic carbocycles. The molecular formula is C18H27N7O8S. The van der Waals surface area contributed by atoms with Crippen LogP contribution < -0.4 is 27.4 Å². The fraction of sp³-hybridized carbons (Fsp3) is 0.500. The first-order valence-electron chi connectivity index (χ1n) is 9.92. The van der Waals surface area contributed by atoms with Gasteiger partial charge in [-0.2, -0.15) is 12.6 Å². The molecule has 16 heteroatoms. The van der Waals surface area contributed by atoms with Gasteiger partial charge in [0.1, 0.15) is 18.1 Å². The molecule has 10 N–H and O–H groups in total. The predicted molar refractivity (Wildman–Crippen MR) is 118 cm³/mol. The lowest BCUT2D eigenvalue weighted by atomic mass is 10.1. The topological polar surface area (TPSA) is 260 Å². The Balaban J connectivity index is 2.92. The average Bonchev–Trinajstić information content (AvgIpc) is 3.27. The van der Waals surface area contributed by atoms with E-state index in [1.54, 1.807) is 0 Å². The summed E-state index contributed by atoms with van der Waals surface area (Å²) in [6.45, 7) is 0. The number of nitrogens with zero attached hydrogens (tertiary/aromatic N) is 1. The van der Waals surface area contributed by atoms with Crippen LogP contribution in [-0.2, 0) is 35.2 Å². The minimum absolute atomic E-state index is 0.0542. The molecule has 1 rings (SSSR count). The van der Waals surface area contributed by atoms with Gasteiger partial charge in [0.05, 0.1) is 18.8 Å². The smallest absolute Gasteiger partial charge is 0.326 e. The van der Waals surface area contributed by atoms with Crippen LogP contribution in [0.3, 0.4) is 0 Å². The Kier molecular flexibility index (Phi) is 11.5. The number of primary amides is 1. The van der Waals surface area contributed by atoms with Gasteiger partial charge in [-0.25, -0.2) is 9.78 Å². The van der Waals surface area contributed by atoms with Crippen LogP contribution in [0.1, 0.15) is 25.0 Å². The summed E-state index contributed by atoms with van der Waals surface area (Å²) in [6.07, 6.45) is 1.61. The van der Waals surface area contributed by atoms with E-state index >= 15 is 0 Å². The minimum Gasteiger partial charge on any atom is -0.481 e. The summed E-state index contributed by atoms with van der Waals surface area (Å²) in [5.74, 6) is -6.50. The molecule has 0 saturated carbocycles. The van der Waals surface area contributed by atoms with E-state index in [0.29, 0.717) is 5.69 Å². The second kappa shape index (κ2) is 13.8. The molecule has 4 unspecified atom stereocenters. The molecular weight excluding hydrogens is 474 g/mol. The maximum atomic E-state index is 12.9. The van der Waals surface area contributed by atoms with Crippen molar-refractivity contribution in [3.05, 3.63) is 18.2 Å². The molecule has 4 atom stereocenters. The number of carbonyl (C=O) groups is 6. The Morgan fingerprint density at radius 1 is 1.00 bits per heavy atom. The van der Waals surface area contributed by atoms with Crippen molar-refractivity contribution in [2.45, 2.75) is 49.9 Å². The second-order valence-corrected chi connectivity index (χ2v) is 7.56. The zero-order chi connectivity index (χ0) is 25.8. The molecule has 188 valence electrons. The first-order valence-corrected chi connectivity index (χ1v) is 10.6. The van der Waals surface area contributed by atoms with Gasteiger partial charge in [-0.1, -0.05) is 0 Å². The van der Waals surface area contributed by atoms with Crippen molar-refractivity contribution < 1.29 is 39.0 Å². The van der Waals surface area contributed by atoms with Crippen LogP contribution in [0, 0.1) is 0 Å². The summed E-state index contributed by atoms with van der Waals surface area (Å²) < 4.78 is 0. The van der Waals surface area contributed by atoms with Crippen molar-refractivity contribution in [3.63, 3.8) is 0 Å². The van der Waals surface area contributed by atoms with E-state index < -0.39 is 66.2 Å². The van der Waals surface area contributed by atoms with Gasteiger partial charge in [-0.15, -0.1) is 0 Å². The van der Waals surface area contributed by atoms with Crippen LogP contribution in [-0.4, -0.2) is 85.7 Å². The summed E-state index contributed by atoms with van der Waals surface area (Å²) in [5.41, 5.74) is 11.2. The van der Waals surface area contributed by atoms with Crippen LogP contribution in [0.25, 0.3) is 0 Å². The fourth-order valence-electron chi connectivity index (χ4n) is 2.65. The molecule has 0 radical (unpaired) electrons. The lowest BCUT2D eigenvalue weighted by Crippen LogP contribution is -2.58. The van der Waals surface area contributed by atoms with E-state index in [4.69, 9.17) is 21.7 Å². The molecule has 0 aliphatic carbocycles. The molecule has 15 nitrogen and oxygen atoms in total. The van der Waals surface area contributed by atoms with E-state index in [9.17, 15) is 28.8 Å². The van der Waals surface area contributed by atoms with Crippen LogP contribution in [0.2, 0.25) is 0 Å². The normalized spacial score (nSPS) is 14.2. The second-order valence-electron chi connectivity index (χ2n) is 7.19. The van der Waals surface area contributed by atoms with E-state index in [1.807, 2.05) is 5.32 Å². The lowest BCUT2D eigenvalue weighted by molar-refractivity contribution is -0.147. The highest BCUT2D eigenvalue weighted by atomic mass is 32.1. The Morgan fingerprint density at radius 3 is 2.09 bits per heavy atom.